The summed E-state index contributed by atoms with van der Waals surface area (Å²) >= 11 is 0. The number of aromatic nitrogens is 1. The van der Waals surface area contributed by atoms with Gasteiger partial charge in [0.15, 0.2) is 0 Å². The molecule has 0 fully saturated rings. The van der Waals surface area contributed by atoms with E-state index in [0.29, 0.717) is 0 Å². The first-order valence-electron chi connectivity index (χ1n) is 6.91. The third-order valence-corrected chi connectivity index (χ3v) is 3.48. The van der Waals surface area contributed by atoms with Crippen LogP contribution >= 0.6 is 0 Å². The third-order valence-electron chi connectivity index (χ3n) is 3.48. The van der Waals surface area contributed by atoms with E-state index in [1.54, 1.807) is 0 Å². The molecular formula is C16H22N2. The summed E-state index contributed by atoms with van der Waals surface area (Å²) in [4.78, 5) is 4.16. The molecule has 0 aliphatic carbocycles. The Morgan fingerprint density at radius 3 is 2.89 bits per heavy atom. The lowest BCUT2D eigenvalue weighted by Gasteiger charge is -2.14. The van der Waals surface area contributed by atoms with E-state index < -0.39 is 0 Å². The summed E-state index contributed by atoms with van der Waals surface area (Å²) in [5.74, 6) is 0. The lowest BCUT2D eigenvalue weighted by Crippen LogP contribution is -2.10. The second-order valence-corrected chi connectivity index (χ2v) is 4.90. The standard InChI is InChI=1S/C16H22N2/c1-2-3-4-5-9-16(17)15-8-6-7-13-12-18-11-10-14(13)15/h6-8,10-12,16H,2-5,9,17H2,1H3. The Morgan fingerprint density at radius 1 is 1.17 bits per heavy atom. The van der Waals surface area contributed by atoms with Crippen molar-refractivity contribution < 1.29 is 0 Å². The van der Waals surface area contributed by atoms with Crippen LogP contribution in [0.4, 0.5) is 0 Å². The van der Waals surface area contributed by atoms with Crippen LogP contribution in [-0.2, 0) is 0 Å². The lowest BCUT2D eigenvalue weighted by molar-refractivity contribution is 0.568. The normalized spacial score (nSPS) is 12.8. The summed E-state index contributed by atoms with van der Waals surface area (Å²) in [7, 11) is 0. The Morgan fingerprint density at radius 2 is 2.06 bits per heavy atom. The molecule has 2 rings (SSSR count). The molecule has 0 aliphatic heterocycles. The SMILES string of the molecule is CCCCCCC(N)c1cccc2cnccc12. The summed E-state index contributed by atoms with van der Waals surface area (Å²) in [6, 6.07) is 8.53. The molecule has 2 N–H and O–H groups in total. The molecule has 18 heavy (non-hydrogen) atoms. The number of rotatable bonds is 6. The Labute approximate surface area is 109 Å². The van der Waals surface area contributed by atoms with Crippen molar-refractivity contribution in [3.8, 4) is 0 Å². The van der Waals surface area contributed by atoms with Crippen LogP contribution in [0.2, 0.25) is 0 Å². The first-order valence-corrected chi connectivity index (χ1v) is 6.91. The zero-order valence-corrected chi connectivity index (χ0v) is 11.1. The zero-order chi connectivity index (χ0) is 12.8. The van der Waals surface area contributed by atoms with E-state index in [2.05, 4.69) is 36.2 Å². The second-order valence-electron chi connectivity index (χ2n) is 4.90. The van der Waals surface area contributed by atoms with Crippen molar-refractivity contribution in [1.82, 2.24) is 4.98 Å². The number of pyridine rings is 1. The average molecular weight is 242 g/mol. The van der Waals surface area contributed by atoms with E-state index in [0.717, 1.165) is 6.42 Å². The van der Waals surface area contributed by atoms with E-state index in [1.807, 2.05) is 12.4 Å². The molecule has 2 nitrogen and oxygen atoms in total. The van der Waals surface area contributed by atoms with E-state index >= 15 is 0 Å². The highest BCUT2D eigenvalue weighted by molar-refractivity contribution is 5.85. The minimum atomic E-state index is 0.146. The van der Waals surface area contributed by atoms with Crippen LogP contribution in [0.15, 0.2) is 36.7 Å². The predicted octanol–water partition coefficient (Wildman–Crippen LogP) is 4.21. The van der Waals surface area contributed by atoms with Crippen molar-refractivity contribution >= 4 is 10.8 Å². The molecule has 0 saturated carbocycles. The number of hydrogen-bond acceptors (Lipinski definition) is 2. The van der Waals surface area contributed by atoms with Gasteiger partial charge in [0.2, 0.25) is 0 Å². The Bertz CT molecular complexity index is 488. The van der Waals surface area contributed by atoms with Crippen molar-refractivity contribution in [2.24, 2.45) is 5.73 Å². The fourth-order valence-electron chi connectivity index (χ4n) is 2.42. The maximum atomic E-state index is 6.32. The predicted molar refractivity (Wildman–Crippen MR) is 77.4 cm³/mol. The van der Waals surface area contributed by atoms with Gasteiger partial charge in [0.05, 0.1) is 0 Å². The largest absolute Gasteiger partial charge is 0.324 e. The fourth-order valence-corrected chi connectivity index (χ4v) is 2.42. The van der Waals surface area contributed by atoms with Crippen molar-refractivity contribution in [2.75, 3.05) is 0 Å². The van der Waals surface area contributed by atoms with Gasteiger partial charge in [-0.15, -0.1) is 0 Å². The smallest absolute Gasteiger partial charge is 0.0346 e. The van der Waals surface area contributed by atoms with Gasteiger partial charge in [-0.25, -0.2) is 0 Å². The van der Waals surface area contributed by atoms with Gasteiger partial charge in [0.1, 0.15) is 0 Å². The molecular weight excluding hydrogens is 220 g/mol. The van der Waals surface area contributed by atoms with Crippen LogP contribution in [0.3, 0.4) is 0 Å². The number of benzene rings is 1. The van der Waals surface area contributed by atoms with Crippen LogP contribution in [-0.4, -0.2) is 4.98 Å². The van der Waals surface area contributed by atoms with Crippen molar-refractivity contribution in [3.05, 3.63) is 42.2 Å². The highest BCUT2D eigenvalue weighted by atomic mass is 14.6. The summed E-state index contributed by atoms with van der Waals surface area (Å²) in [5, 5.41) is 2.43. The molecule has 0 amide bonds. The average Bonchev–Trinajstić information content (AvgIpc) is 2.43. The maximum absolute atomic E-state index is 6.32. The van der Waals surface area contributed by atoms with E-state index in [9.17, 15) is 0 Å². The number of hydrogen-bond donors (Lipinski definition) is 1. The van der Waals surface area contributed by atoms with E-state index in [-0.39, 0.29) is 6.04 Å². The van der Waals surface area contributed by atoms with Gasteiger partial charge < -0.3 is 5.73 Å². The molecule has 1 heterocycles. The van der Waals surface area contributed by atoms with Crippen molar-refractivity contribution in [3.63, 3.8) is 0 Å². The molecule has 0 spiro atoms. The van der Waals surface area contributed by atoms with Gasteiger partial charge in [-0.2, -0.15) is 0 Å². The van der Waals surface area contributed by atoms with E-state index in [1.165, 1.54) is 42.0 Å². The Hall–Kier alpha value is -1.41. The van der Waals surface area contributed by atoms with Gasteiger partial charge in [-0.3, -0.25) is 4.98 Å². The molecule has 1 aromatic carbocycles. The monoisotopic (exact) mass is 242 g/mol. The summed E-state index contributed by atoms with van der Waals surface area (Å²) in [6.07, 6.45) is 9.91. The van der Waals surface area contributed by atoms with Gasteiger partial charge in [0.25, 0.3) is 0 Å². The van der Waals surface area contributed by atoms with Crippen LogP contribution in [0.1, 0.15) is 50.6 Å². The number of nitrogens with zero attached hydrogens (tertiary/aromatic N) is 1. The summed E-state index contributed by atoms with van der Waals surface area (Å²) in [6.45, 7) is 2.23. The third kappa shape index (κ3) is 3.08. The highest BCUT2D eigenvalue weighted by Crippen LogP contribution is 2.25. The second kappa shape index (κ2) is 6.50. The zero-order valence-electron chi connectivity index (χ0n) is 11.1. The summed E-state index contributed by atoms with van der Waals surface area (Å²) in [5.41, 5.74) is 7.58. The van der Waals surface area contributed by atoms with Crippen LogP contribution in [0.5, 0.6) is 0 Å². The van der Waals surface area contributed by atoms with Crippen LogP contribution in [0.25, 0.3) is 10.8 Å². The summed E-state index contributed by atoms with van der Waals surface area (Å²) < 4.78 is 0. The molecule has 96 valence electrons. The molecule has 1 unspecified atom stereocenters. The first-order chi connectivity index (χ1) is 8.83. The lowest BCUT2D eigenvalue weighted by atomic mass is 9.96. The van der Waals surface area contributed by atoms with Gasteiger partial charge in [-0.1, -0.05) is 50.8 Å². The van der Waals surface area contributed by atoms with Crippen molar-refractivity contribution in [1.29, 1.82) is 0 Å². The Balaban J connectivity index is 2.10. The number of fused-ring (bicyclic) bond motifs is 1. The van der Waals surface area contributed by atoms with Crippen LogP contribution < -0.4 is 5.73 Å². The molecule has 1 atom stereocenters. The maximum Gasteiger partial charge on any atom is 0.0346 e. The topological polar surface area (TPSA) is 38.9 Å². The minimum absolute atomic E-state index is 0.146. The first kappa shape index (κ1) is 13.0. The molecule has 2 heteroatoms. The molecule has 0 radical (unpaired) electrons. The fraction of sp³-hybridized carbons (Fsp3) is 0.438. The Kier molecular flexibility index (Phi) is 4.71. The molecule has 0 bridgehead atoms. The van der Waals surface area contributed by atoms with Gasteiger partial charge in [0, 0.05) is 23.8 Å². The molecule has 1 aromatic heterocycles. The van der Waals surface area contributed by atoms with E-state index in [4.69, 9.17) is 5.73 Å². The van der Waals surface area contributed by atoms with Crippen LogP contribution in [0, 0.1) is 0 Å². The van der Waals surface area contributed by atoms with Gasteiger partial charge in [-0.05, 0) is 23.4 Å². The minimum Gasteiger partial charge on any atom is -0.324 e. The quantitative estimate of drug-likeness (QED) is 0.771. The molecule has 0 saturated heterocycles. The molecule has 0 aliphatic rings. The number of unbranched alkanes of at least 4 members (excludes halogenated alkanes) is 3. The van der Waals surface area contributed by atoms with Gasteiger partial charge >= 0.3 is 0 Å². The van der Waals surface area contributed by atoms with Crippen molar-refractivity contribution in [2.45, 2.75) is 45.1 Å². The highest BCUT2D eigenvalue weighted by Gasteiger charge is 2.09. The number of nitrogens with two attached hydrogens (primary N) is 1. The molecule has 2 aromatic rings.